The molecule has 0 saturated carbocycles. The fourth-order valence-electron chi connectivity index (χ4n) is 2.00. The van der Waals surface area contributed by atoms with Gasteiger partial charge in [0.1, 0.15) is 0 Å². The van der Waals surface area contributed by atoms with Gasteiger partial charge in [0.15, 0.2) is 0 Å². The molecule has 0 aromatic heterocycles. The zero-order chi connectivity index (χ0) is 12.5. The van der Waals surface area contributed by atoms with Crippen molar-refractivity contribution in [1.29, 1.82) is 0 Å². The summed E-state index contributed by atoms with van der Waals surface area (Å²) in [5, 5.41) is 0. The van der Waals surface area contributed by atoms with Gasteiger partial charge in [0.25, 0.3) is 0 Å². The third kappa shape index (κ3) is 6.67. The van der Waals surface area contributed by atoms with Crippen molar-refractivity contribution in [3.8, 4) is 0 Å². The Morgan fingerprint density at radius 3 is 2.53 bits per heavy atom. The predicted octanol–water partition coefficient (Wildman–Crippen LogP) is 3.46. The molecule has 3 heteroatoms. The van der Waals surface area contributed by atoms with Crippen molar-refractivity contribution in [2.45, 2.75) is 77.4 Å². The first-order chi connectivity index (χ1) is 8.27. The molecule has 100 valence electrons. The highest BCUT2D eigenvalue weighted by Crippen LogP contribution is 2.30. The van der Waals surface area contributed by atoms with Gasteiger partial charge in [0.2, 0.25) is 0 Å². The summed E-state index contributed by atoms with van der Waals surface area (Å²) in [6, 6.07) is 0. The maximum absolute atomic E-state index is 11.3. The number of hydrogen-bond donors (Lipinski definition) is 0. The molecule has 2 unspecified atom stereocenters. The Hall–Kier alpha value is -0.570. The van der Waals surface area contributed by atoms with Gasteiger partial charge in [-0.05, 0) is 12.8 Å². The van der Waals surface area contributed by atoms with E-state index in [9.17, 15) is 4.79 Å². The number of esters is 1. The third-order valence-corrected chi connectivity index (χ3v) is 3.11. The summed E-state index contributed by atoms with van der Waals surface area (Å²) in [7, 11) is 0. The molecule has 0 aliphatic carbocycles. The molecule has 3 nitrogen and oxygen atoms in total. The minimum Gasteiger partial charge on any atom is -0.466 e. The molecule has 2 atom stereocenters. The van der Waals surface area contributed by atoms with Crippen LogP contribution in [0.1, 0.15) is 65.2 Å². The maximum atomic E-state index is 11.3. The van der Waals surface area contributed by atoms with Crippen LogP contribution >= 0.6 is 0 Å². The molecule has 1 saturated heterocycles. The van der Waals surface area contributed by atoms with Crippen LogP contribution in [0.25, 0.3) is 0 Å². The minimum absolute atomic E-state index is 0.106. The van der Waals surface area contributed by atoms with E-state index >= 15 is 0 Å². The van der Waals surface area contributed by atoms with Crippen LogP contribution in [-0.4, -0.2) is 24.8 Å². The SMILES string of the molecule is CCCCCCCC1OC1CC(=O)OCCC. The number of hydrogen-bond acceptors (Lipinski definition) is 3. The van der Waals surface area contributed by atoms with E-state index in [4.69, 9.17) is 9.47 Å². The number of unbranched alkanes of at least 4 members (excludes halogenated alkanes) is 4. The molecule has 1 aliphatic heterocycles. The number of rotatable bonds is 10. The lowest BCUT2D eigenvalue weighted by Crippen LogP contribution is -2.09. The lowest BCUT2D eigenvalue weighted by molar-refractivity contribution is -0.144. The standard InChI is InChI=1S/C14H26O3/c1-3-5-6-7-8-9-12-13(17-12)11-14(15)16-10-4-2/h12-13H,3-11H2,1-2H3. The van der Waals surface area contributed by atoms with Gasteiger partial charge in [0, 0.05) is 0 Å². The number of carbonyl (C=O) groups excluding carboxylic acids is 1. The van der Waals surface area contributed by atoms with E-state index in [-0.39, 0.29) is 12.1 Å². The molecular formula is C14H26O3. The lowest BCUT2D eigenvalue weighted by atomic mass is 10.1. The topological polar surface area (TPSA) is 38.8 Å². The molecule has 0 amide bonds. The molecule has 1 rings (SSSR count). The Bertz CT molecular complexity index is 216. The highest BCUT2D eigenvalue weighted by molar-refractivity contribution is 5.70. The van der Waals surface area contributed by atoms with Crippen LogP contribution in [-0.2, 0) is 14.3 Å². The first kappa shape index (κ1) is 14.5. The van der Waals surface area contributed by atoms with Crippen molar-refractivity contribution in [2.75, 3.05) is 6.61 Å². The first-order valence-electron chi connectivity index (χ1n) is 7.09. The van der Waals surface area contributed by atoms with Gasteiger partial charge in [0.05, 0.1) is 25.2 Å². The molecular weight excluding hydrogens is 216 g/mol. The number of ether oxygens (including phenoxy) is 2. The number of carbonyl (C=O) groups is 1. The molecule has 0 radical (unpaired) electrons. The summed E-state index contributed by atoms with van der Waals surface area (Å²) in [4.78, 5) is 11.3. The molecule has 0 N–H and O–H groups in total. The molecule has 17 heavy (non-hydrogen) atoms. The average molecular weight is 242 g/mol. The molecule has 0 aromatic carbocycles. The maximum Gasteiger partial charge on any atom is 0.308 e. The van der Waals surface area contributed by atoms with Crippen LogP contribution in [0.15, 0.2) is 0 Å². The fraction of sp³-hybridized carbons (Fsp3) is 0.929. The van der Waals surface area contributed by atoms with Crippen molar-refractivity contribution in [2.24, 2.45) is 0 Å². The molecule has 0 bridgehead atoms. The average Bonchev–Trinajstić information content (AvgIpc) is 3.04. The van der Waals surface area contributed by atoms with Crippen LogP contribution in [0.2, 0.25) is 0 Å². The Morgan fingerprint density at radius 2 is 1.82 bits per heavy atom. The van der Waals surface area contributed by atoms with E-state index in [2.05, 4.69) is 6.92 Å². The van der Waals surface area contributed by atoms with Gasteiger partial charge in [-0.1, -0.05) is 46.0 Å². The van der Waals surface area contributed by atoms with Crippen molar-refractivity contribution in [1.82, 2.24) is 0 Å². The second kappa shape index (κ2) is 8.51. The zero-order valence-electron chi connectivity index (χ0n) is 11.2. The molecule has 1 aliphatic rings. The number of epoxide rings is 1. The molecule has 0 aromatic rings. The molecule has 1 heterocycles. The quantitative estimate of drug-likeness (QED) is 0.334. The Morgan fingerprint density at radius 1 is 1.06 bits per heavy atom. The smallest absolute Gasteiger partial charge is 0.308 e. The van der Waals surface area contributed by atoms with Crippen LogP contribution in [0.5, 0.6) is 0 Å². The minimum atomic E-state index is -0.106. The van der Waals surface area contributed by atoms with Crippen molar-refractivity contribution in [3.05, 3.63) is 0 Å². The van der Waals surface area contributed by atoms with Crippen molar-refractivity contribution < 1.29 is 14.3 Å². The summed E-state index contributed by atoms with van der Waals surface area (Å²) in [6.45, 7) is 4.76. The van der Waals surface area contributed by atoms with Gasteiger partial charge in [-0.2, -0.15) is 0 Å². The van der Waals surface area contributed by atoms with Gasteiger partial charge in [-0.3, -0.25) is 4.79 Å². The van der Waals surface area contributed by atoms with E-state index < -0.39 is 0 Å². The molecule has 1 fully saturated rings. The van der Waals surface area contributed by atoms with E-state index in [1.807, 2.05) is 6.92 Å². The van der Waals surface area contributed by atoms with Gasteiger partial charge in [-0.25, -0.2) is 0 Å². The van der Waals surface area contributed by atoms with E-state index in [0.717, 1.165) is 12.8 Å². The lowest BCUT2D eigenvalue weighted by Gasteiger charge is -2.00. The van der Waals surface area contributed by atoms with Crippen molar-refractivity contribution in [3.63, 3.8) is 0 Å². The summed E-state index contributed by atoms with van der Waals surface area (Å²) in [5.74, 6) is -0.106. The Labute approximate surface area is 105 Å². The van der Waals surface area contributed by atoms with Crippen LogP contribution < -0.4 is 0 Å². The predicted molar refractivity (Wildman–Crippen MR) is 67.9 cm³/mol. The highest BCUT2D eigenvalue weighted by atomic mass is 16.6. The van der Waals surface area contributed by atoms with Crippen LogP contribution in [0, 0.1) is 0 Å². The van der Waals surface area contributed by atoms with E-state index in [1.54, 1.807) is 0 Å². The van der Waals surface area contributed by atoms with E-state index in [1.165, 1.54) is 32.1 Å². The fourth-order valence-corrected chi connectivity index (χ4v) is 2.00. The zero-order valence-corrected chi connectivity index (χ0v) is 11.2. The Kier molecular flexibility index (Phi) is 7.25. The highest BCUT2D eigenvalue weighted by Gasteiger charge is 2.39. The molecule has 0 spiro atoms. The third-order valence-electron chi connectivity index (χ3n) is 3.11. The largest absolute Gasteiger partial charge is 0.466 e. The van der Waals surface area contributed by atoms with Crippen molar-refractivity contribution >= 4 is 5.97 Å². The Balaban J connectivity index is 1.92. The van der Waals surface area contributed by atoms with Crippen LogP contribution in [0.3, 0.4) is 0 Å². The normalized spacial score (nSPS) is 22.5. The first-order valence-corrected chi connectivity index (χ1v) is 7.09. The van der Waals surface area contributed by atoms with Crippen LogP contribution in [0.4, 0.5) is 0 Å². The summed E-state index contributed by atoms with van der Waals surface area (Å²) < 4.78 is 10.5. The second-order valence-corrected chi connectivity index (χ2v) is 4.84. The van der Waals surface area contributed by atoms with Gasteiger partial charge < -0.3 is 9.47 Å². The summed E-state index contributed by atoms with van der Waals surface area (Å²) >= 11 is 0. The second-order valence-electron chi connectivity index (χ2n) is 4.84. The summed E-state index contributed by atoms with van der Waals surface area (Å²) in [5.41, 5.74) is 0. The summed E-state index contributed by atoms with van der Waals surface area (Å²) in [6.07, 6.45) is 9.37. The van der Waals surface area contributed by atoms with Gasteiger partial charge >= 0.3 is 5.97 Å². The van der Waals surface area contributed by atoms with E-state index in [0.29, 0.717) is 19.1 Å². The van der Waals surface area contributed by atoms with Gasteiger partial charge in [-0.15, -0.1) is 0 Å². The monoisotopic (exact) mass is 242 g/mol.